The first-order valence-electron chi connectivity index (χ1n) is 15.3. The smallest absolute Gasteiger partial charge is 0.356 e. The molecule has 2 aliphatic rings. The molecule has 50 heavy (non-hydrogen) atoms. The summed E-state index contributed by atoms with van der Waals surface area (Å²) in [5.74, 6) is -16.8. The number of thiophene rings is 2. The zero-order chi connectivity index (χ0) is 36.1. The van der Waals surface area contributed by atoms with E-state index in [4.69, 9.17) is 0 Å². The Hall–Kier alpha value is -4.75. The van der Waals surface area contributed by atoms with Gasteiger partial charge < -0.3 is 5.32 Å². The summed E-state index contributed by atoms with van der Waals surface area (Å²) in [5.41, 5.74) is -0.0452. The molecule has 0 fully saturated rings. The number of carbonyl (C=O) groups excluding carboxylic acids is 2. The monoisotopic (exact) mass is 723 g/mol. The molecular weight excluding hydrogens is 697 g/mol. The fourth-order valence-electron chi connectivity index (χ4n) is 6.80. The van der Waals surface area contributed by atoms with Crippen LogP contribution in [0.1, 0.15) is 52.7 Å². The molecule has 1 N–H and O–H groups in total. The van der Waals surface area contributed by atoms with Gasteiger partial charge in [-0.3, -0.25) is 19.5 Å². The van der Waals surface area contributed by atoms with Gasteiger partial charge in [0.2, 0.25) is 0 Å². The predicted molar refractivity (Wildman–Crippen MR) is 184 cm³/mol. The SMILES string of the molecule is Cc1sc(-c2ccncc2)c(C)c1C1=C(c2c(C)sc(-c3ccc(Nc4ccc5c(c4)C(=O)N(C)C5=O)cc3)c2C)C(F)(F)C(F)(F)C1(F)F. The van der Waals surface area contributed by atoms with Gasteiger partial charge in [-0.2, -0.15) is 26.3 Å². The van der Waals surface area contributed by atoms with Crippen LogP contribution in [0.15, 0.2) is 67.0 Å². The van der Waals surface area contributed by atoms with E-state index in [1.807, 2.05) is 0 Å². The van der Waals surface area contributed by atoms with E-state index in [1.165, 1.54) is 47.1 Å². The molecule has 256 valence electrons. The number of amides is 2. The number of nitrogens with zero attached hydrogens (tertiary/aromatic N) is 2. The average Bonchev–Trinajstić information content (AvgIpc) is 3.65. The number of aromatic nitrogens is 1. The van der Waals surface area contributed by atoms with Crippen LogP contribution in [0.5, 0.6) is 0 Å². The Morgan fingerprint density at radius 3 is 1.62 bits per heavy atom. The van der Waals surface area contributed by atoms with Crippen molar-refractivity contribution in [1.29, 1.82) is 0 Å². The maximum atomic E-state index is 15.9. The van der Waals surface area contributed by atoms with Gasteiger partial charge in [-0.25, -0.2) is 0 Å². The van der Waals surface area contributed by atoms with E-state index >= 15 is 26.3 Å². The number of imide groups is 1. The molecule has 5 nitrogen and oxygen atoms in total. The fraction of sp³-hybridized carbons (Fsp3) is 0.216. The lowest BCUT2D eigenvalue weighted by molar-refractivity contribution is -0.254. The van der Waals surface area contributed by atoms with Gasteiger partial charge >= 0.3 is 17.8 Å². The van der Waals surface area contributed by atoms with Gasteiger partial charge in [0.15, 0.2) is 0 Å². The number of carbonyl (C=O) groups is 2. The van der Waals surface area contributed by atoms with Crippen molar-refractivity contribution in [3.63, 3.8) is 0 Å². The lowest BCUT2D eigenvalue weighted by Crippen LogP contribution is -2.49. The molecule has 2 amide bonds. The zero-order valence-electron chi connectivity index (χ0n) is 27.1. The van der Waals surface area contributed by atoms with E-state index in [0.717, 1.165) is 27.6 Å². The second-order valence-electron chi connectivity index (χ2n) is 12.3. The number of allylic oxidation sites excluding steroid dienone is 2. The fourth-order valence-corrected chi connectivity index (χ4v) is 9.14. The van der Waals surface area contributed by atoms with Crippen molar-refractivity contribution in [1.82, 2.24) is 9.88 Å². The largest absolute Gasteiger partial charge is 0.380 e. The van der Waals surface area contributed by atoms with Gasteiger partial charge in [0, 0.05) is 72.6 Å². The molecule has 0 bridgehead atoms. The van der Waals surface area contributed by atoms with Crippen LogP contribution in [0, 0.1) is 27.7 Å². The molecule has 0 atom stereocenters. The van der Waals surface area contributed by atoms with E-state index in [2.05, 4.69) is 10.3 Å². The normalized spacial score (nSPS) is 17.5. The maximum absolute atomic E-state index is 15.9. The number of halogens is 6. The number of benzene rings is 2. The third-order valence-corrected chi connectivity index (χ3v) is 11.8. The molecule has 0 radical (unpaired) electrons. The third kappa shape index (κ3) is 4.69. The number of nitrogens with one attached hydrogen (secondary N) is 1. The molecular formula is C37H27F6N3O2S2. The van der Waals surface area contributed by atoms with E-state index < -0.39 is 34.8 Å². The van der Waals surface area contributed by atoms with Crippen LogP contribution in [-0.4, -0.2) is 46.5 Å². The van der Waals surface area contributed by atoms with Crippen LogP contribution < -0.4 is 5.32 Å². The highest BCUT2D eigenvalue weighted by Crippen LogP contribution is 2.67. The second kappa shape index (κ2) is 11.4. The molecule has 13 heteroatoms. The van der Waals surface area contributed by atoms with E-state index in [9.17, 15) is 9.59 Å². The van der Waals surface area contributed by atoms with Gasteiger partial charge in [-0.05, 0) is 92.4 Å². The molecule has 7 rings (SSSR count). The summed E-state index contributed by atoms with van der Waals surface area (Å²) >= 11 is 2.13. The lowest BCUT2D eigenvalue weighted by Gasteiger charge is -2.26. The third-order valence-electron chi connectivity index (χ3n) is 9.28. The van der Waals surface area contributed by atoms with Crippen molar-refractivity contribution in [2.45, 2.75) is 45.5 Å². The minimum absolute atomic E-state index is 0.180. The Morgan fingerprint density at radius 1 is 0.640 bits per heavy atom. The number of pyridine rings is 1. The summed E-state index contributed by atoms with van der Waals surface area (Å²) in [6.45, 7) is 5.90. The molecule has 3 aromatic heterocycles. The van der Waals surface area contributed by atoms with Gasteiger partial charge in [0.05, 0.1) is 11.1 Å². The summed E-state index contributed by atoms with van der Waals surface area (Å²) < 4.78 is 94.3. The first-order valence-corrected chi connectivity index (χ1v) is 17.0. The lowest BCUT2D eigenvalue weighted by atomic mass is 9.90. The van der Waals surface area contributed by atoms with Crippen molar-refractivity contribution in [2.24, 2.45) is 0 Å². The highest BCUT2D eigenvalue weighted by atomic mass is 32.1. The van der Waals surface area contributed by atoms with Crippen molar-refractivity contribution >= 4 is 57.0 Å². The molecule has 1 aliphatic heterocycles. The highest BCUT2D eigenvalue weighted by molar-refractivity contribution is 7.16. The molecule has 2 aromatic carbocycles. The summed E-state index contributed by atoms with van der Waals surface area (Å²) in [5, 5.41) is 3.16. The quantitative estimate of drug-likeness (QED) is 0.140. The summed E-state index contributed by atoms with van der Waals surface area (Å²) in [6, 6.07) is 14.9. The standard InChI is InChI=1S/C37H27F6N3O2S2/c1-17-27(19(3)49-31(17)21-6-8-23(9-7-21)45-24-10-11-25-26(16-24)34(48)46(5)33(25)47)29-30(36(40,41)37(42,43)35(29,38)39)28-18(2)32(50-20(28)4)22-12-14-44-15-13-22/h6-16,45H,1-5H3. The zero-order valence-corrected chi connectivity index (χ0v) is 28.8. The van der Waals surface area contributed by atoms with Crippen LogP contribution in [0.25, 0.3) is 32.0 Å². The van der Waals surface area contributed by atoms with E-state index in [-0.39, 0.29) is 43.5 Å². The first kappa shape index (κ1) is 33.7. The number of alkyl halides is 6. The molecule has 0 saturated carbocycles. The Bertz CT molecular complexity index is 2270. The minimum atomic E-state index is -5.68. The molecule has 1 aliphatic carbocycles. The Labute approximate surface area is 290 Å². The van der Waals surface area contributed by atoms with Gasteiger partial charge in [-0.15, -0.1) is 22.7 Å². The summed E-state index contributed by atoms with van der Waals surface area (Å²) in [7, 11) is 1.41. The number of hydrogen-bond acceptors (Lipinski definition) is 6. The predicted octanol–water partition coefficient (Wildman–Crippen LogP) is 10.6. The van der Waals surface area contributed by atoms with Gasteiger partial charge in [0.1, 0.15) is 0 Å². The Morgan fingerprint density at radius 2 is 1.10 bits per heavy atom. The van der Waals surface area contributed by atoms with Crippen molar-refractivity contribution in [2.75, 3.05) is 12.4 Å². The van der Waals surface area contributed by atoms with Crippen molar-refractivity contribution in [3.05, 3.63) is 110 Å². The van der Waals surface area contributed by atoms with Crippen LogP contribution >= 0.6 is 22.7 Å². The van der Waals surface area contributed by atoms with Gasteiger partial charge in [0.25, 0.3) is 11.8 Å². The van der Waals surface area contributed by atoms with E-state index in [0.29, 0.717) is 37.8 Å². The molecule has 0 saturated heterocycles. The maximum Gasteiger partial charge on any atom is 0.380 e. The average molecular weight is 724 g/mol. The number of fused-ring (bicyclic) bond motifs is 1. The van der Waals surface area contributed by atoms with Crippen LogP contribution in [0.2, 0.25) is 0 Å². The number of rotatable bonds is 6. The Balaban J connectivity index is 1.31. The number of hydrogen-bond donors (Lipinski definition) is 1. The second-order valence-corrected chi connectivity index (χ2v) is 14.8. The number of aryl methyl sites for hydroxylation is 2. The van der Waals surface area contributed by atoms with Crippen LogP contribution in [0.4, 0.5) is 37.7 Å². The van der Waals surface area contributed by atoms with E-state index in [1.54, 1.807) is 54.6 Å². The van der Waals surface area contributed by atoms with Crippen LogP contribution in [-0.2, 0) is 0 Å². The molecule has 4 heterocycles. The molecule has 5 aromatic rings. The van der Waals surface area contributed by atoms with Crippen molar-refractivity contribution < 1.29 is 35.9 Å². The summed E-state index contributed by atoms with van der Waals surface area (Å²) in [4.78, 5) is 31.0. The summed E-state index contributed by atoms with van der Waals surface area (Å²) in [6.07, 6.45) is 3.00. The molecule has 0 spiro atoms. The first-order chi connectivity index (χ1) is 23.5. The van der Waals surface area contributed by atoms with Crippen LogP contribution in [0.3, 0.4) is 0 Å². The number of anilines is 2. The van der Waals surface area contributed by atoms with Gasteiger partial charge in [-0.1, -0.05) is 12.1 Å². The minimum Gasteiger partial charge on any atom is -0.356 e. The topological polar surface area (TPSA) is 62.3 Å². The molecule has 0 unspecified atom stereocenters. The van der Waals surface area contributed by atoms with Crippen molar-refractivity contribution in [3.8, 4) is 20.9 Å². The highest BCUT2D eigenvalue weighted by Gasteiger charge is 2.80. The Kier molecular flexibility index (Phi) is 7.68.